The summed E-state index contributed by atoms with van der Waals surface area (Å²) in [6.07, 6.45) is 4.96. The third-order valence-corrected chi connectivity index (χ3v) is 2.91. The topological polar surface area (TPSA) is 38.9 Å². The molecule has 0 saturated carbocycles. The summed E-state index contributed by atoms with van der Waals surface area (Å²) in [6, 6.07) is 7.93. The van der Waals surface area contributed by atoms with Gasteiger partial charge in [-0.3, -0.25) is 4.98 Å². The lowest BCUT2D eigenvalue weighted by molar-refractivity contribution is 0.736. The van der Waals surface area contributed by atoms with Crippen molar-refractivity contribution in [3.63, 3.8) is 0 Å². The highest BCUT2D eigenvalue weighted by Crippen LogP contribution is 2.22. The van der Waals surface area contributed by atoms with Gasteiger partial charge in [-0.25, -0.2) is 0 Å². The fraction of sp³-hybridized carbons (Fsp3) is 0.308. The molecule has 1 aromatic carbocycles. The van der Waals surface area contributed by atoms with Crippen molar-refractivity contribution in [2.24, 2.45) is 5.73 Å². The van der Waals surface area contributed by atoms with E-state index in [9.17, 15) is 0 Å². The third kappa shape index (κ3) is 2.52. The number of aromatic nitrogens is 1. The summed E-state index contributed by atoms with van der Waals surface area (Å²) in [4.78, 5) is 4.42. The molecule has 0 saturated heterocycles. The largest absolute Gasteiger partial charge is 0.330 e. The molecule has 84 valence electrons. The standard InChI is InChI=1S/C13H15ClN2/c14-11-4-5-12-10(9-11)6-8-16-13(12)3-1-2-7-15/h4-6,8-9H,1-3,7,15H2. The summed E-state index contributed by atoms with van der Waals surface area (Å²) < 4.78 is 0. The van der Waals surface area contributed by atoms with Crippen molar-refractivity contribution in [2.75, 3.05) is 6.54 Å². The molecule has 0 radical (unpaired) electrons. The molecule has 0 amide bonds. The Morgan fingerprint density at radius 3 is 2.88 bits per heavy atom. The molecule has 0 fully saturated rings. The van der Waals surface area contributed by atoms with E-state index in [2.05, 4.69) is 4.98 Å². The number of fused-ring (bicyclic) bond motifs is 1. The van der Waals surface area contributed by atoms with Crippen LogP contribution in [0.15, 0.2) is 30.5 Å². The Balaban J connectivity index is 2.30. The Morgan fingerprint density at radius 1 is 1.19 bits per heavy atom. The van der Waals surface area contributed by atoms with Gasteiger partial charge in [0.1, 0.15) is 0 Å². The van der Waals surface area contributed by atoms with Crippen LogP contribution in [-0.4, -0.2) is 11.5 Å². The second-order valence-electron chi connectivity index (χ2n) is 3.87. The fourth-order valence-corrected chi connectivity index (χ4v) is 2.03. The maximum absolute atomic E-state index is 5.96. The van der Waals surface area contributed by atoms with Crippen LogP contribution in [0.4, 0.5) is 0 Å². The van der Waals surface area contributed by atoms with Crippen LogP contribution in [0.2, 0.25) is 5.02 Å². The average Bonchev–Trinajstić information content (AvgIpc) is 2.29. The van der Waals surface area contributed by atoms with Gasteiger partial charge in [-0.15, -0.1) is 0 Å². The van der Waals surface area contributed by atoms with Crippen LogP contribution in [-0.2, 0) is 6.42 Å². The number of rotatable bonds is 4. The molecule has 0 aliphatic rings. The van der Waals surface area contributed by atoms with E-state index in [1.54, 1.807) is 0 Å². The first-order chi connectivity index (χ1) is 7.81. The number of unbranched alkanes of at least 4 members (excludes halogenated alkanes) is 1. The maximum atomic E-state index is 5.96. The number of aryl methyl sites for hydroxylation is 1. The Labute approximate surface area is 100 Å². The quantitative estimate of drug-likeness (QED) is 0.826. The molecule has 0 unspecified atom stereocenters. The molecule has 16 heavy (non-hydrogen) atoms. The molecule has 2 nitrogen and oxygen atoms in total. The molecule has 0 spiro atoms. The first kappa shape index (κ1) is 11.4. The van der Waals surface area contributed by atoms with Crippen molar-refractivity contribution in [3.05, 3.63) is 41.2 Å². The van der Waals surface area contributed by atoms with Gasteiger partial charge < -0.3 is 5.73 Å². The van der Waals surface area contributed by atoms with E-state index in [1.165, 1.54) is 5.39 Å². The van der Waals surface area contributed by atoms with Crippen LogP contribution in [0.3, 0.4) is 0 Å². The normalized spacial score (nSPS) is 10.9. The van der Waals surface area contributed by atoms with Gasteiger partial charge in [-0.1, -0.05) is 17.7 Å². The molecule has 2 aromatic rings. The lowest BCUT2D eigenvalue weighted by Gasteiger charge is -2.05. The van der Waals surface area contributed by atoms with Crippen LogP contribution in [0, 0.1) is 0 Å². The summed E-state index contributed by atoms with van der Waals surface area (Å²) in [5, 5.41) is 3.13. The van der Waals surface area contributed by atoms with E-state index >= 15 is 0 Å². The smallest absolute Gasteiger partial charge is 0.0481 e. The highest BCUT2D eigenvalue weighted by Gasteiger charge is 2.02. The highest BCUT2D eigenvalue weighted by atomic mass is 35.5. The Kier molecular flexibility index (Phi) is 3.75. The molecular weight excluding hydrogens is 220 g/mol. The van der Waals surface area contributed by atoms with Crippen LogP contribution < -0.4 is 5.73 Å². The lowest BCUT2D eigenvalue weighted by atomic mass is 10.1. The van der Waals surface area contributed by atoms with Crippen molar-refractivity contribution in [2.45, 2.75) is 19.3 Å². The molecule has 1 heterocycles. The number of benzene rings is 1. The van der Waals surface area contributed by atoms with Crippen molar-refractivity contribution in [1.82, 2.24) is 4.98 Å². The minimum atomic E-state index is 0.747. The predicted octanol–water partition coefficient (Wildman–Crippen LogP) is 3.17. The van der Waals surface area contributed by atoms with E-state index in [-0.39, 0.29) is 0 Å². The van der Waals surface area contributed by atoms with E-state index in [4.69, 9.17) is 17.3 Å². The van der Waals surface area contributed by atoms with Crippen LogP contribution in [0.5, 0.6) is 0 Å². The Bertz CT molecular complexity index is 482. The van der Waals surface area contributed by atoms with Gasteiger partial charge in [0.25, 0.3) is 0 Å². The monoisotopic (exact) mass is 234 g/mol. The number of halogens is 1. The SMILES string of the molecule is NCCCCc1nccc2cc(Cl)ccc12. The summed E-state index contributed by atoms with van der Waals surface area (Å²) >= 11 is 5.96. The molecule has 0 bridgehead atoms. The molecule has 1 aromatic heterocycles. The second-order valence-corrected chi connectivity index (χ2v) is 4.31. The molecule has 0 aliphatic heterocycles. The van der Waals surface area contributed by atoms with Gasteiger partial charge in [0.2, 0.25) is 0 Å². The van der Waals surface area contributed by atoms with Crippen LogP contribution in [0.1, 0.15) is 18.5 Å². The number of pyridine rings is 1. The first-order valence-electron chi connectivity index (χ1n) is 5.54. The van der Waals surface area contributed by atoms with Crippen molar-refractivity contribution in [3.8, 4) is 0 Å². The summed E-state index contributed by atoms with van der Waals surface area (Å²) in [5.41, 5.74) is 6.63. The van der Waals surface area contributed by atoms with E-state index in [0.717, 1.165) is 41.9 Å². The van der Waals surface area contributed by atoms with Crippen molar-refractivity contribution in [1.29, 1.82) is 0 Å². The summed E-state index contributed by atoms with van der Waals surface area (Å²) in [5.74, 6) is 0. The van der Waals surface area contributed by atoms with Gasteiger partial charge >= 0.3 is 0 Å². The van der Waals surface area contributed by atoms with Gasteiger partial charge in [0.05, 0.1) is 0 Å². The fourth-order valence-electron chi connectivity index (χ4n) is 1.85. The Hall–Kier alpha value is -1.12. The zero-order valence-electron chi connectivity index (χ0n) is 9.12. The third-order valence-electron chi connectivity index (χ3n) is 2.68. The zero-order chi connectivity index (χ0) is 11.4. The van der Waals surface area contributed by atoms with Gasteiger partial charge in [-0.2, -0.15) is 0 Å². The molecular formula is C13H15ClN2. The molecule has 0 atom stereocenters. The molecule has 2 rings (SSSR count). The highest BCUT2D eigenvalue weighted by molar-refractivity contribution is 6.31. The van der Waals surface area contributed by atoms with Crippen molar-refractivity contribution >= 4 is 22.4 Å². The molecule has 0 aliphatic carbocycles. The van der Waals surface area contributed by atoms with E-state index in [0.29, 0.717) is 0 Å². The van der Waals surface area contributed by atoms with Crippen LogP contribution >= 0.6 is 11.6 Å². The van der Waals surface area contributed by atoms with Crippen molar-refractivity contribution < 1.29 is 0 Å². The number of nitrogens with two attached hydrogens (primary N) is 1. The number of nitrogens with zero attached hydrogens (tertiary/aromatic N) is 1. The number of hydrogen-bond donors (Lipinski definition) is 1. The van der Waals surface area contributed by atoms with E-state index < -0.39 is 0 Å². The average molecular weight is 235 g/mol. The minimum absolute atomic E-state index is 0.747. The van der Waals surface area contributed by atoms with Gasteiger partial charge in [0.15, 0.2) is 0 Å². The van der Waals surface area contributed by atoms with Gasteiger partial charge in [0, 0.05) is 22.3 Å². The summed E-state index contributed by atoms with van der Waals surface area (Å²) in [7, 11) is 0. The van der Waals surface area contributed by atoms with Gasteiger partial charge in [-0.05, 0) is 49.4 Å². The predicted molar refractivity (Wildman–Crippen MR) is 68.7 cm³/mol. The number of hydrogen-bond acceptors (Lipinski definition) is 2. The van der Waals surface area contributed by atoms with Crippen LogP contribution in [0.25, 0.3) is 10.8 Å². The first-order valence-corrected chi connectivity index (χ1v) is 5.92. The summed E-state index contributed by atoms with van der Waals surface area (Å²) in [6.45, 7) is 0.747. The molecule has 3 heteroatoms. The lowest BCUT2D eigenvalue weighted by Crippen LogP contribution is -2.00. The Morgan fingerprint density at radius 2 is 2.06 bits per heavy atom. The molecule has 2 N–H and O–H groups in total. The maximum Gasteiger partial charge on any atom is 0.0481 e. The second kappa shape index (κ2) is 5.28. The minimum Gasteiger partial charge on any atom is -0.330 e. The van der Waals surface area contributed by atoms with E-state index in [1.807, 2.05) is 30.5 Å². The zero-order valence-corrected chi connectivity index (χ0v) is 9.87.